The van der Waals surface area contributed by atoms with Gasteiger partial charge in [-0.2, -0.15) is 0 Å². The molecule has 3 heteroatoms. The van der Waals surface area contributed by atoms with Gasteiger partial charge in [-0.1, -0.05) is 43.0 Å². The summed E-state index contributed by atoms with van der Waals surface area (Å²) in [6.45, 7) is 1.99. The average Bonchev–Trinajstić information content (AvgIpc) is 2.42. The van der Waals surface area contributed by atoms with Crippen LogP contribution in [0.4, 0.5) is 0 Å². The Bertz CT molecular complexity index is 413. The number of aliphatic hydroxyl groups is 2. The fourth-order valence-electron chi connectivity index (χ4n) is 2.95. The van der Waals surface area contributed by atoms with Gasteiger partial charge in [-0.25, -0.2) is 0 Å². The van der Waals surface area contributed by atoms with Crippen molar-refractivity contribution < 1.29 is 10.2 Å². The van der Waals surface area contributed by atoms with E-state index in [1.807, 2.05) is 25.1 Å². The fourth-order valence-corrected chi connectivity index (χ4v) is 3.27. The molecule has 0 radical (unpaired) electrons. The standard InChI is InChI=1S/C16H23ClO2/c1-11-7-8-13(14(17)9-11)10-15(18)16(19)12-5-3-2-4-6-12/h7-9,12,15-16,18-19H,2-6,10H2,1H3. The smallest absolute Gasteiger partial charge is 0.0842 e. The third-order valence-electron chi connectivity index (χ3n) is 4.16. The molecule has 1 aromatic carbocycles. The van der Waals surface area contributed by atoms with E-state index in [0.29, 0.717) is 11.4 Å². The predicted molar refractivity (Wildman–Crippen MR) is 78.5 cm³/mol. The van der Waals surface area contributed by atoms with Gasteiger partial charge in [0.15, 0.2) is 0 Å². The largest absolute Gasteiger partial charge is 0.390 e. The Morgan fingerprint density at radius 1 is 1.21 bits per heavy atom. The van der Waals surface area contributed by atoms with E-state index in [1.54, 1.807) is 0 Å². The van der Waals surface area contributed by atoms with Crippen LogP contribution < -0.4 is 0 Å². The number of halogens is 1. The second kappa shape index (κ2) is 6.74. The first-order valence-electron chi connectivity index (χ1n) is 7.19. The van der Waals surface area contributed by atoms with Crippen LogP contribution in [0.5, 0.6) is 0 Å². The number of benzene rings is 1. The van der Waals surface area contributed by atoms with Crippen LogP contribution in [-0.4, -0.2) is 22.4 Å². The van der Waals surface area contributed by atoms with Crippen molar-refractivity contribution in [2.45, 2.75) is 57.7 Å². The van der Waals surface area contributed by atoms with Gasteiger partial charge in [-0.15, -0.1) is 0 Å². The van der Waals surface area contributed by atoms with E-state index in [2.05, 4.69) is 0 Å². The van der Waals surface area contributed by atoms with E-state index in [9.17, 15) is 10.2 Å². The maximum Gasteiger partial charge on any atom is 0.0842 e. The molecule has 19 heavy (non-hydrogen) atoms. The first kappa shape index (κ1) is 14.8. The quantitative estimate of drug-likeness (QED) is 0.887. The van der Waals surface area contributed by atoms with Gasteiger partial charge in [0.1, 0.15) is 0 Å². The molecule has 2 nitrogen and oxygen atoms in total. The van der Waals surface area contributed by atoms with Crippen molar-refractivity contribution in [1.82, 2.24) is 0 Å². The molecule has 1 saturated carbocycles. The van der Waals surface area contributed by atoms with Crippen molar-refractivity contribution in [3.05, 3.63) is 34.3 Å². The van der Waals surface area contributed by atoms with E-state index in [1.165, 1.54) is 19.3 Å². The molecule has 1 fully saturated rings. The minimum Gasteiger partial charge on any atom is -0.390 e. The van der Waals surface area contributed by atoms with Gasteiger partial charge in [0.2, 0.25) is 0 Å². The summed E-state index contributed by atoms with van der Waals surface area (Å²) in [6.07, 6.45) is 4.72. The zero-order valence-corrected chi connectivity index (χ0v) is 12.2. The molecule has 2 N–H and O–H groups in total. The monoisotopic (exact) mass is 282 g/mol. The van der Waals surface area contributed by atoms with Crippen LogP contribution in [-0.2, 0) is 6.42 Å². The normalized spacial score (nSPS) is 20.2. The Hall–Kier alpha value is -0.570. The molecule has 0 heterocycles. The lowest BCUT2D eigenvalue weighted by Gasteiger charge is -2.30. The van der Waals surface area contributed by atoms with Crippen molar-refractivity contribution >= 4 is 11.6 Å². The molecule has 0 spiro atoms. The molecule has 0 aromatic heterocycles. The molecule has 0 saturated heterocycles. The van der Waals surface area contributed by atoms with Gasteiger partial charge >= 0.3 is 0 Å². The Morgan fingerprint density at radius 2 is 1.89 bits per heavy atom. The van der Waals surface area contributed by atoms with Gasteiger partial charge < -0.3 is 10.2 Å². The van der Waals surface area contributed by atoms with Crippen LogP contribution in [0.3, 0.4) is 0 Å². The third-order valence-corrected chi connectivity index (χ3v) is 4.52. The van der Waals surface area contributed by atoms with E-state index in [-0.39, 0.29) is 5.92 Å². The fraction of sp³-hybridized carbons (Fsp3) is 0.625. The summed E-state index contributed by atoms with van der Waals surface area (Å²) in [5.74, 6) is 0.243. The molecule has 0 aliphatic heterocycles. The summed E-state index contributed by atoms with van der Waals surface area (Å²) in [6, 6.07) is 5.83. The zero-order valence-electron chi connectivity index (χ0n) is 11.5. The van der Waals surface area contributed by atoms with Gasteiger partial charge in [0, 0.05) is 11.4 Å². The first-order valence-corrected chi connectivity index (χ1v) is 7.57. The molecule has 1 aliphatic rings. The van der Waals surface area contributed by atoms with E-state index in [0.717, 1.165) is 24.0 Å². The van der Waals surface area contributed by atoms with Gasteiger partial charge in [0.25, 0.3) is 0 Å². The Morgan fingerprint density at radius 3 is 2.53 bits per heavy atom. The molecule has 106 valence electrons. The maximum atomic E-state index is 10.3. The summed E-state index contributed by atoms with van der Waals surface area (Å²) in [5, 5.41) is 21.1. The van der Waals surface area contributed by atoms with Crippen molar-refractivity contribution in [1.29, 1.82) is 0 Å². The van der Waals surface area contributed by atoms with Crippen LogP contribution in [0.1, 0.15) is 43.2 Å². The van der Waals surface area contributed by atoms with E-state index < -0.39 is 12.2 Å². The molecule has 0 amide bonds. The Labute approximate surface area is 120 Å². The van der Waals surface area contributed by atoms with Crippen LogP contribution in [0.2, 0.25) is 5.02 Å². The van der Waals surface area contributed by atoms with Crippen LogP contribution in [0.25, 0.3) is 0 Å². The van der Waals surface area contributed by atoms with Gasteiger partial charge in [-0.3, -0.25) is 0 Å². The Balaban J connectivity index is 1.97. The predicted octanol–water partition coefficient (Wildman–Crippen LogP) is 3.49. The van der Waals surface area contributed by atoms with Crippen LogP contribution >= 0.6 is 11.6 Å². The number of rotatable bonds is 4. The lowest BCUT2D eigenvalue weighted by Crippen LogP contribution is -2.36. The minimum atomic E-state index is -0.719. The highest BCUT2D eigenvalue weighted by Crippen LogP contribution is 2.29. The molecule has 1 aliphatic carbocycles. The molecule has 2 unspecified atom stereocenters. The number of hydrogen-bond acceptors (Lipinski definition) is 2. The molecule has 2 rings (SSSR count). The number of aliphatic hydroxyl groups excluding tert-OH is 2. The Kier molecular flexibility index (Phi) is 5.26. The lowest BCUT2D eigenvalue weighted by molar-refractivity contribution is -0.0263. The van der Waals surface area contributed by atoms with Crippen molar-refractivity contribution in [3.8, 4) is 0 Å². The SMILES string of the molecule is Cc1ccc(CC(O)C(O)C2CCCCC2)c(Cl)c1. The highest BCUT2D eigenvalue weighted by molar-refractivity contribution is 6.31. The summed E-state index contributed by atoms with van der Waals surface area (Å²) in [4.78, 5) is 0. The van der Waals surface area contributed by atoms with Crippen molar-refractivity contribution in [3.63, 3.8) is 0 Å². The van der Waals surface area contributed by atoms with Crippen LogP contribution in [0, 0.1) is 12.8 Å². The molecule has 1 aromatic rings. The molecular weight excluding hydrogens is 260 g/mol. The summed E-state index contributed by atoms with van der Waals surface area (Å²) >= 11 is 6.17. The maximum absolute atomic E-state index is 10.3. The van der Waals surface area contributed by atoms with E-state index in [4.69, 9.17) is 11.6 Å². The molecule has 2 atom stereocenters. The third kappa shape index (κ3) is 3.95. The van der Waals surface area contributed by atoms with Crippen molar-refractivity contribution in [2.24, 2.45) is 5.92 Å². The van der Waals surface area contributed by atoms with Crippen molar-refractivity contribution in [2.75, 3.05) is 0 Å². The summed E-state index contributed by atoms with van der Waals surface area (Å²) < 4.78 is 0. The topological polar surface area (TPSA) is 40.5 Å². The first-order chi connectivity index (χ1) is 9.08. The average molecular weight is 283 g/mol. The second-order valence-corrected chi connectivity index (χ2v) is 6.16. The number of hydrogen-bond donors (Lipinski definition) is 2. The lowest BCUT2D eigenvalue weighted by atomic mass is 9.82. The minimum absolute atomic E-state index is 0.243. The summed E-state index contributed by atoms with van der Waals surface area (Å²) in [5.41, 5.74) is 2.02. The second-order valence-electron chi connectivity index (χ2n) is 5.76. The van der Waals surface area contributed by atoms with E-state index >= 15 is 0 Å². The summed E-state index contributed by atoms with van der Waals surface area (Å²) in [7, 11) is 0. The molecular formula is C16H23ClO2. The van der Waals surface area contributed by atoms with Gasteiger partial charge in [-0.05, 0) is 42.9 Å². The zero-order chi connectivity index (χ0) is 13.8. The number of aryl methyl sites for hydroxylation is 1. The molecule has 0 bridgehead atoms. The highest BCUT2D eigenvalue weighted by atomic mass is 35.5. The van der Waals surface area contributed by atoms with Gasteiger partial charge in [0.05, 0.1) is 12.2 Å². The van der Waals surface area contributed by atoms with Crippen LogP contribution in [0.15, 0.2) is 18.2 Å². The highest BCUT2D eigenvalue weighted by Gasteiger charge is 2.28.